The Hall–Kier alpha value is -2.99. The van der Waals surface area contributed by atoms with Gasteiger partial charge in [-0.3, -0.25) is 4.79 Å². The van der Waals surface area contributed by atoms with Gasteiger partial charge in [0.2, 0.25) is 10.0 Å². The smallest absolute Gasteiger partial charge is 0.341 e. The number of ether oxygens (including phenoxy) is 1. The van der Waals surface area contributed by atoms with Crippen LogP contribution in [0.15, 0.2) is 35.2 Å². The Morgan fingerprint density at radius 1 is 1.00 bits per heavy atom. The molecule has 27 heavy (non-hydrogen) atoms. The fourth-order valence-corrected chi connectivity index (χ4v) is 2.40. The van der Waals surface area contributed by atoms with E-state index < -0.39 is 67.9 Å². The van der Waals surface area contributed by atoms with Crippen LogP contribution in [0.1, 0.15) is 10.4 Å². The molecule has 144 valence electrons. The molecule has 2 aromatic carbocycles. The van der Waals surface area contributed by atoms with Crippen molar-refractivity contribution in [2.45, 2.75) is 4.90 Å². The van der Waals surface area contributed by atoms with E-state index in [4.69, 9.17) is 5.14 Å². The molecule has 0 atom stereocenters. The Labute approximate surface area is 149 Å². The predicted molar refractivity (Wildman–Crippen MR) is 83.0 cm³/mol. The van der Waals surface area contributed by atoms with Crippen molar-refractivity contribution >= 4 is 27.6 Å². The minimum Gasteiger partial charge on any atom is -0.452 e. The van der Waals surface area contributed by atoms with Crippen molar-refractivity contribution in [2.24, 2.45) is 5.14 Å². The Morgan fingerprint density at radius 2 is 1.63 bits per heavy atom. The van der Waals surface area contributed by atoms with E-state index in [9.17, 15) is 35.6 Å². The Kier molecular flexibility index (Phi) is 5.81. The van der Waals surface area contributed by atoms with Crippen LogP contribution in [0.3, 0.4) is 0 Å². The second kappa shape index (κ2) is 7.72. The number of sulfonamides is 1. The Bertz CT molecular complexity index is 1030. The van der Waals surface area contributed by atoms with Gasteiger partial charge in [-0.2, -0.15) is 0 Å². The molecular weight excluding hydrogens is 396 g/mol. The van der Waals surface area contributed by atoms with Crippen molar-refractivity contribution in [3.8, 4) is 0 Å². The highest BCUT2D eigenvalue weighted by Crippen LogP contribution is 2.19. The number of anilines is 1. The number of halogens is 4. The molecule has 12 heteroatoms. The molecule has 0 fully saturated rings. The molecule has 0 aliphatic carbocycles. The van der Waals surface area contributed by atoms with E-state index in [1.54, 1.807) is 0 Å². The van der Waals surface area contributed by atoms with Gasteiger partial charge in [-0.1, -0.05) is 0 Å². The summed E-state index contributed by atoms with van der Waals surface area (Å²) in [6.07, 6.45) is 0. The highest BCUT2D eigenvalue weighted by Gasteiger charge is 2.20. The highest BCUT2D eigenvalue weighted by atomic mass is 32.2. The molecule has 0 aliphatic heterocycles. The molecule has 7 nitrogen and oxygen atoms in total. The fraction of sp³-hybridized carbons (Fsp3) is 0.0667. The van der Waals surface area contributed by atoms with Gasteiger partial charge < -0.3 is 10.1 Å². The predicted octanol–water partition coefficient (Wildman–Crippen LogP) is 1.69. The van der Waals surface area contributed by atoms with Crippen LogP contribution in [0.25, 0.3) is 0 Å². The molecule has 2 rings (SSSR count). The first-order chi connectivity index (χ1) is 12.5. The maximum Gasteiger partial charge on any atom is 0.341 e. The van der Waals surface area contributed by atoms with Crippen LogP contribution in [0.2, 0.25) is 0 Å². The molecule has 0 aromatic heterocycles. The third kappa shape index (κ3) is 4.80. The molecule has 0 aliphatic rings. The van der Waals surface area contributed by atoms with Crippen molar-refractivity contribution in [3.05, 3.63) is 59.2 Å². The number of rotatable bonds is 5. The maximum atomic E-state index is 13.7. The van der Waals surface area contributed by atoms with Gasteiger partial charge in [-0.05, 0) is 30.3 Å². The van der Waals surface area contributed by atoms with Gasteiger partial charge in [-0.25, -0.2) is 35.9 Å². The van der Waals surface area contributed by atoms with Gasteiger partial charge in [-0.15, -0.1) is 0 Å². The molecule has 0 bridgehead atoms. The van der Waals surface area contributed by atoms with E-state index >= 15 is 0 Å². The average molecular weight is 406 g/mol. The third-order valence-corrected chi connectivity index (χ3v) is 4.04. The molecular formula is C15H10F4N2O5S. The number of hydrogen-bond donors (Lipinski definition) is 2. The third-order valence-electron chi connectivity index (χ3n) is 3.13. The lowest BCUT2D eigenvalue weighted by molar-refractivity contribution is -0.119. The van der Waals surface area contributed by atoms with Gasteiger partial charge >= 0.3 is 5.97 Å². The number of primary sulfonamides is 1. The minimum atomic E-state index is -4.22. The summed E-state index contributed by atoms with van der Waals surface area (Å²) in [6, 6.07) is 3.39. The lowest BCUT2D eigenvalue weighted by Gasteiger charge is -2.09. The molecule has 0 unspecified atom stereocenters. The molecule has 2 aromatic rings. The fourth-order valence-electron chi connectivity index (χ4n) is 1.86. The van der Waals surface area contributed by atoms with Crippen LogP contribution in [-0.4, -0.2) is 26.9 Å². The molecule has 0 saturated heterocycles. The Morgan fingerprint density at radius 3 is 2.26 bits per heavy atom. The molecule has 0 heterocycles. The molecule has 0 saturated carbocycles. The van der Waals surface area contributed by atoms with Crippen LogP contribution in [-0.2, 0) is 19.6 Å². The first kappa shape index (κ1) is 20.3. The van der Waals surface area contributed by atoms with E-state index in [0.717, 1.165) is 12.1 Å². The van der Waals surface area contributed by atoms with E-state index in [1.807, 2.05) is 5.32 Å². The van der Waals surface area contributed by atoms with E-state index in [0.29, 0.717) is 18.2 Å². The van der Waals surface area contributed by atoms with Crippen LogP contribution in [0.4, 0.5) is 23.2 Å². The standard InChI is InChI=1S/C15H10F4N2O5S/c16-9-2-1-7(27(20,24)25)5-8(9)15(23)26-6-12(22)21-11-4-3-10(17)13(18)14(11)19/h1-5H,6H2,(H,21,22)(H2,20,24,25). The van der Waals surface area contributed by atoms with Gasteiger partial charge in [0.25, 0.3) is 5.91 Å². The van der Waals surface area contributed by atoms with E-state index in [2.05, 4.69) is 4.74 Å². The van der Waals surface area contributed by atoms with Crippen molar-refractivity contribution in [1.82, 2.24) is 0 Å². The molecule has 1 amide bonds. The van der Waals surface area contributed by atoms with Gasteiger partial charge in [0, 0.05) is 0 Å². The number of amides is 1. The van der Waals surface area contributed by atoms with Crippen LogP contribution in [0, 0.1) is 23.3 Å². The largest absolute Gasteiger partial charge is 0.452 e. The lowest BCUT2D eigenvalue weighted by Crippen LogP contribution is -2.22. The number of carbonyl (C=O) groups excluding carboxylic acids is 2. The number of esters is 1. The van der Waals surface area contributed by atoms with Crippen molar-refractivity contribution in [2.75, 3.05) is 11.9 Å². The first-order valence-corrected chi connectivity index (χ1v) is 8.48. The second-order valence-corrected chi connectivity index (χ2v) is 6.60. The zero-order chi connectivity index (χ0) is 20.4. The summed E-state index contributed by atoms with van der Waals surface area (Å²) in [5.74, 6) is -8.63. The minimum absolute atomic E-state index is 0.564. The number of nitrogens with two attached hydrogens (primary N) is 1. The number of hydrogen-bond acceptors (Lipinski definition) is 5. The summed E-state index contributed by atoms with van der Waals surface area (Å²) in [6.45, 7) is -1.05. The molecule has 0 spiro atoms. The lowest BCUT2D eigenvalue weighted by atomic mass is 10.2. The summed E-state index contributed by atoms with van der Waals surface area (Å²) in [4.78, 5) is 22.9. The van der Waals surface area contributed by atoms with E-state index in [1.165, 1.54) is 0 Å². The van der Waals surface area contributed by atoms with Crippen LogP contribution < -0.4 is 10.5 Å². The quantitative estimate of drug-likeness (QED) is 0.445. The average Bonchev–Trinajstić information content (AvgIpc) is 2.59. The highest BCUT2D eigenvalue weighted by molar-refractivity contribution is 7.89. The summed E-state index contributed by atoms with van der Waals surface area (Å²) in [7, 11) is -4.22. The zero-order valence-electron chi connectivity index (χ0n) is 13.1. The number of nitrogens with one attached hydrogen (secondary N) is 1. The Balaban J connectivity index is 2.08. The SMILES string of the molecule is NS(=O)(=O)c1ccc(F)c(C(=O)OCC(=O)Nc2ccc(F)c(F)c2F)c1. The topological polar surface area (TPSA) is 116 Å². The maximum absolute atomic E-state index is 13.7. The summed E-state index contributed by atoms with van der Waals surface area (Å²) >= 11 is 0. The van der Waals surface area contributed by atoms with Crippen molar-refractivity contribution in [3.63, 3.8) is 0 Å². The van der Waals surface area contributed by atoms with Crippen molar-refractivity contribution < 1.29 is 40.3 Å². The van der Waals surface area contributed by atoms with Crippen LogP contribution in [0.5, 0.6) is 0 Å². The van der Waals surface area contributed by atoms with E-state index in [-0.39, 0.29) is 0 Å². The summed E-state index contributed by atoms with van der Waals surface area (Å²) in [5.41, 5.74) is -1.52. The van der Waals surface area contributed by atoms with Gasteiger partial charge in [0.1, 0.15) is 5.82 Å². The van der Waals surface area contributed by atoms with Gasteiger partial charge in [0.15, 0.2) is 24.1 Å². The number of benzene rings is 2. The van der Waals surface area contributed by atoms with Crippen LogP contribution >= 0.6 is 0 Å². The number of carbonyl (C=O) groups is 2. The molecule has 3 N–H and O–H groups in total. The van der Waals surface area contributed by atoms with Crippen molar-refractivity contribution in [1.29, 1.82) is 0 Å². The second-order valence-electron chi connectivity index (χ2n) is 5.03. The van der Waals surface area contributed by atoms with Gasteiger partial charge in [0.05, 0.1) is 16.1 Å². The monoisotopic (exact) mass is 406 g/mol. The summed E-state index contributed by atoms with van der Waals surface area (Å²) < 4.78 is 79.9. The zero-order valence-corrected chi connectivity index (χ0v) is 13.9. The summed E-state index contributed by atoms with van der Waals surface area (Å²) in [5, 5.41) is 6.69. The molecule has 0 radical (unpaired) electrons. The normalized spacial score (nSPS) is 11.1. The first-order valence-electron chi connectivity index (χ1n) is 6.93.